The standard InChI is InChI=1S/C17H28N2O2/c1-4-5-6-13-21-16-9-7-15(8-10-16)14-18-12-11-17(20)19(2)3/h7-10,18H,4-6,11-14H2,1-3H3. The molecule has 4 heteroatoms. The fourth-order valence-corrected chi connectivity index (χ4v) is 1.90. The predicted molar refractivity (Wildman–Crippen MR) is 86.5 cm³/mol. The largest absolute Gasteiger partial charge is 0.494 e. The van der Waals surface area contributed by atoms with E-state index in [1.165, 1.54) is 18.4 Å². The van der Waals surface area contributed by atoms with Crippen LogP contribution in [0.2, 0.25) is 0 Å². The average molecular weight is 292 g/mol. The molecular weight excluding hydrogens is 264 g/mol. The molecule has 1 amide bonds. The second-order valence-electron chi connectivity index (χ2n) is 5.41. The fraction of sp³-hybridized carbons (Fsp3) is 0.588. The Kier molecular flexibility index (Phi) is 8.51. The number of nitrogens with zero attached hydrogens (tertiary/aromatic N) is 1. The Morgan fingerprint density at radius 2 is 1.90 bits per heavy atom. The summed E-state index contributed by atoms with van der Waals surface area (Å²) in [6, 6.07) is 8.15. The summed E-state index contributed by atoms with van der Waals surface area (Å²) in [5.41, 5.74) is 1.20. The van der Waals surface area contributed by atoms with Gasteiger partial charge in [0.05, 0.1) is 6.61 Å². The van der Waals surface area contributed by atoms with Gasteiger partial charge >= 0.3 is 0 Å². The predicted octanol–water partition coefficient (Wildman–Crippen LogP) is 2.82. The number of carbonyl (C=O) groups excluding carboxylic acids is 1. The molecule has 1 aromatic carbocycles. The summed E-state index contributed by atoms with van der Waals surface area (Å²) in [7, 11) is 3.56. The van der Waals surface area contributed by atoms with Gasteiger partial charge in [0.25, 0.3) is 0 Å². The van der Waals surface area contributed by atoms with Crippen LogP contribution in [0.1, 0.15) is 38.2 Å². The van der Waals surface area contributed by atoms with E-state index in [4.69, 9.17) is 4.74 Å². The number of carbonyl (C=O) groups is 1. The summed E-state index contributed by atoms with van der Waals surface area (Å²) in [6.07, 6.45) is 4.07. The van der Waals surface area contributed by atoms with E-state index >= 15 is 0 Å². The monoisotopic (exact) mass is 292 g/mol. The van der Waals surface area contributed by atoms with Crippen LogP contribution in [-0.2, 0) is 11.3 Å². The van der Waals surface area contributed by atoms with Gasteiger partial charge in [0, 0.05) is 33.6 Å². The molecule has 0 fully saturated rings. The van der Waals surface area contributed by atoms with Crippen LogP contribution in [-0.4, -0.2) is 38.1 Å². The zero-order chi connectivity index (χ0) is 15.5. The highest BCUT2D eigenvalue weighted by molar-refractivity contribution is 5.75. The molecule has 0 radical (unpaired) electrons. The third-order valence-electron chi connectivity index (χ3n) is 3.28. The lowest BCUT2D eigenvalue weighted by Gasteiger charge is -2.11. The molecule has 1 aromatic rings. The number of nitrogens with one attached hydrogen (secondary N) is 1. The minimum Gasteiger partial charge on any atom is -0.494 e. The molecule has 118 valence electrons. The normalized spacial score (nSPS) is 10.4. The Morgan fingerprint density at radius 3 is 2.52 bits per heavy atom. The first kappa shape index (κ1) is 17.5. The number of amides is 1. The lowest BCUT2D eigenvalue weighted by molar-refractivity contribution is -0.128. The van der Waals surface area contributed by atoms with Crippen molar-refractivity contribution >= 4 is 5.91 Å². The third kappa shape index (κ3) is 7.71. The number of benzene rings is 1. The van der Waals surface area contributed by atoms with Crippen molar-refractivity contribution in [3.63, 3.8) is 0 Å². The molecule has 0 aromatic heterocycles. The van der Waals surface area contributed by atoms with E-state index in [-0.39, 0.29) is 5.91 Å². The van der Waals surface area contributed by atoms with Crippen molar-refractivity contribution in [1.29, 1.82) is 0 Å². The molecule has 0 aliphatic carbocycles. The maximum atomic E-state index is 11.4. The van der Waals surface area contributed by atoms with Crippen LogP contribution in [0.15, 0.2) is 24.3 Å². The van der Waals surface area contributed by atoms with Gasteiger partial charge < -0.3 is 15.0 Å². The topological polar surface area (TPSA) is 41.6 Å². The zero-order valence-electron chi connectivity index (χ0n) is 13.5. The smallest absolute Gasteiger partial charge is 0.223 e. The van der Waals surface area contributed by atoms with Crippen molar-refractivity contribution in [1.82, 2.24) is 10.2 Å². The van der Waals surface area contributed by atoms with E-state index < -0.39 is 0 Å². The van der Waals surface area contributed by atoms with Crippen molar-refractivity contribution in [2.75, 3.05) is 27.2 Å². The van der Waals surface area contributed by atoms with E-state index in [1.54, 1.807) is 19.0 Å². The van der Waals surface area contributed by atoms with Gasteiger partial charge in [-0.15, -0.1) is 0 Å². The summed E-state index contributed by atoms with van der Waals surface area (Å²) in [5, 5.41) is 3.28. The Bertz CT molecular complexity index is 402. The highest BCUT2D eigenvalue weighted by Gasteiger charge is 2.02. The van der Waals surface area contributed by atoms with Gasteiger partial charge in [0.1, 0.15) is 5.75 Å². The Hall–Kier alpha value is -1.55. The van der Waals surface area contributed by atoms with Crippen molar-refractivity contribution in [2.45, 2.75) is 39.2 Å². The van der Waals surface area contributed by atoms with Gasteiger partial charge in [0.2, 0.25) is 5.91 Å². The summed E-state index contributed by atoms with van der Waals surface area (Å²) in [6.45, 7) is 4.45. The van der Waals surface area contributed by atoms with Gasteiger partial charge in [-0.1, -0.05) is 31.9 Å². The number of ether oxygens (including phenoxy) is 1. The number of hydrogen-bond donors (Lipinski definition) is 1. The molecular formula is C17H28N2O2. The molecule has 1 N–H and O–H groups in total. The average Bonchev–Trinajstić information content (AvgIpc) is 2.49. The number of rotatable bonds is 10. The number of hydrogen-bond acceptors (Lipinski definition) is 3. The Morgan fingerprint density at radius 1 is 1.19 bits per heavy atom. The molecule has 4 nitrogen and oxygen atoms in total. The molecule has 0 bridgehead atoms. The first-order chi connectivity index (χ1) is 10.1. The van der Waals surface area contributed by atoms with E-state index in [1.807, 2.05) is 12.1 Å². The van der Waals surface area contributed by atoms with Crippen LogP contribution >= 0.6 is 0 Å². The van der Waals surface area contributed by atoms with E-state index in [0.29, 0.717) is 13.0 Å². The maximum absolute atomic E-state index is 11.4. The Balaban J connectivity index is 2.20. The summed E-state index contributed by atoms with van der Waals surface area (Å²) in [5.74, 6) is 1.08. The molecule has 0 atom stereocenters. The molecule has 0 saturated carbocycles. The minimum absolute atomic E-state index is 0.151. The van der Waals surface area contributed by atoms with Crippen LogP contribution in [0.3, 0.4) is 0 Å². The van der Waals surface area contributed by atoms with Gasteiger partial charge in [-0.05, 0) is 24.1 Å². The summed E-state index contributed by atoms with van der Waals surface area (Å²) >= 11 is 0. The maximum Gasteiger partial charge on any atom is 0.223 e. The van der Waals surface area contributed by atoms with E-state index in [2.05, 4.69) is 24.4 Å². The molecule has 0 spiro atoms. The lowest BCUT2D eigenvalue weighted by Crippen LogP contribution is -2.26. The third-order valence-corrected chi connectivity index (χ3v) is 3.28. The van der Waals surface area contributed by atoms with Gasteiger partial charge in [-0.2, -0.15) is 0 Å². The molecule has 0 heterocycles. The molecule has 1 rings (SSSR count). The van der Waals surface area contributed by atoms with Crippen LogP contribution < -0.4 is 10.1 Å². The second kappa shape index (κ2) is 10.2. The van der Waals surface area contributed by atoms with Crippen LogP contribution in [0.4, 0.5) is 0 Å². The van der Waals surface area contributed by atoms with Crippen molar-refractivity contribution in [3.8, 4) is 5.75 Å². The molecule has 0 aliphatic rings. The summed E-state index contributed by atoms with van der Waals surface area (Å²) in [4.78, 5) is 13.0. The first-order valence-corrected chi connectivity index (χ1v) is 7.76. The lowest BCUT2D eigenvalue weighted by atomic mass is 10.2. The van der Waals surface area contributed by atoms with Crippen LogP contribution in [0.25, 0.3) is 0 Å². The van der Waals surface area contributed by atoms with Crippen molar-refractivity contribution < 1.29 is 9.53 Å². The highest BCUT2D eigenvalue weighted by atomic mass is 16.5. The molecule has 0 saturated heterocycles. The van der Waals surface area contributed by atoms with E-state index in [0.717, 1.165) is 25.3 Å². The molecule has 0 unspecified atom stereocenters. The van der Waals surface area contributed by atoms with Crippen LogP contribution in [0, 0.1) is 0 Å². The van der Waals surface area contributed by atoms with E-state index in [9.17, 15) is 4.79 Å². The SMILES string of the molecule is CCCCCOc1ccc(CNCCC(=O)N(C)C)cc1. The zero-order valence-corrected chi connectivity index (χ0v) is 13.5. The fourth-order valence-electron chi connectivity index (χ4n) is 1.90. The summed E-state index contributed by atoms with van der Waals surface area (Å²) < 4.78 is 5.68. The van der Waals surface area contributed by atoms with Gasteiger partial charge in [-0.25, -0.2) is 0 Å². The van der Waals surface area contributed by atoms with Crippen molar-refractivity contribution in [3.05, 3.63) is 29.8 Å². The Labute approximate surface area is 128 Å². The number of unbranched alkanes of at least 4 members (excludes halogenated alkanes) is 2. The highest BCUT2D eigenvalue weighted by Crippen LogP contribution is 2.12. The minimum atomic E-state index is 0.151. The van der Waals surface area contributed by atoms with Gasteiger partial charge in [-0.3, -0.25) is 4.79 Å². The molecule has 0 aliphatic heterocycles. The van der Waals surface area contributed by atoms with Gasteiger partial charge in [0.15, 0.2) is 0 Å². The van der Waals surface area contributed by atoms with Crippen molar-refractivity contribution in [2.24, 2.45) is 0 Å². The second-order valence-corrected chi connectivity index (χ2v) is 5.41. The van der Waals surface area contributed by atoms with Crippen LogP contribution in [0.5, 0.6) is 5.75 Å². The first-order valence-electron chi connectivity index (χ1n) is 7.76. The molecule has 21 heavy (non-hydrogen) atoms. The quantitative estimate of drug-likeness (QED) is 0.674.